The van der Waals surface area contributed by atoms with Crippen LogP contribution in [0, 0.1) is 18.8 Å². The minimum Gasteiger partial charge on any atom is -0.509 e. The van der Waals surface area contributed by atoms with Crippen LogP contribution in [0.5, 0.6) is 11.5 Å². The van der Waals surface area contributed by atoms with E-state index in [1.807, 2.05) is 30.5 Å². The minimum atomic E-state index is -0.0836. The van der Waals surface area contributed by atoms with Gasteiger partial charge in [0.15, 0.2) is 0 Å². The molecule has 8 aromatic carbocycles. The van der Waals surface area contributed by atoms with Crippen molar-refractivity contribution in [1.82, 2.24) is 9.55 Å². The number of furan rings is 1. The minimum absolute atomic E-state index is 0. The van der Waals surface area contributed by atoms with E-state index < -0.39 is 0 Å². The number of anilines is 4. The Bertz CT molecular complexity index is 4110. The van der Waals surface area contributed by atoms with Crippen molar-refractivity contribution in [3.63, 3.8) is 0 Å². The Hall–Kier alpha value is -7.40. The molecule has 0 saturated heterocycles. The second-order valence-corrected chi connectivity index (χ2v) is 25.6. The van der Waals surface area contributed by atoms with Gasteiger partial charge in [0, 0.05) is 83.2 Å². The predicted molar refractivity (Wildman–Crippen MR) is 346 cm³/mol. The van der Waals surface area contributed by atoms with E-state index >= 15 is 0 Å². The summed E-state index contributed by atoms with van der Waals surface area (Å²) in [5, 5.41) is 4.18. The van der Waals surface area contributed by atoms with Gasteiger partial charge in [0.25, 0.3) is 0 Å². The van der Waals surface area contributed by atoms with Crippen molar-refractivity contribution in [2.24, 2.45) is 0 Å². The number of pyridine rings is 1. The third-order valence-electron chi connectivity index (χ3n) is 16.9. The second kappa shape index (κ2) is 22.3. The number of fused-ring (bicyclic) bond motifs is 8. The third kappa shape index (κ3) is 10.2. The molecule has 426 valence electrons. The van der Waals surface area contributed by atoms with Gasteiger partial charge >= 0.3 is 0 Å². The summed E-state index contributed by atoms with van der Waals surface area (Å²) < 4.78 is 15.8. The summed E-state index contributed by atoms with van der Waals surface area (Å²) >= 11 is 0. The van der Waals surface area contributed by atoms with E-state index in [4.69, 9.17) is 14.1 Å². The Balaban J connectivity index is 0.00000721. The van der Waals surface area contributed by atoms with Crippen molar-refractivity contribution in [2.45, 2.75) is 145 Å². The standard InChI is InChI=1S/C76H77N4O2.Pt/c1-44(2)50-36-61(46(5)6)71(62(37-50)47(7)8)59-25-21-26-60(72-63(48(9)10)38-51(45(3)4)39-64(72)49(11)12)74(59)79-43-78(65-27-17-18-28-66(65)79)53-22-20-23-54(41-53)81-55-30-31-58-68(42-55)80(70-40-52(34-35-77-70)76(13,14)15)67-33-32-57-56-24-16-19-29-69(56)82-75(57)73(58)67;/h16-40,43-49H,1-15H3;/q-3;. The van der Waals surface area contributed by atoms with Crippen LogP contribution in [-0.2, 0) is 26.5 Å². The molecule has 11 aromatic rings. The van der Waals surface area contributed by atoms with Crippen LogP contribution >= 0.6 is 0 Å². The largest absolute Gasteiger partial charge is 0.509 e. The molecular weight excluding hydrogens is 1200 g/mol. The molecule has 0 bridgehead atoms. The average Bonchev–Trinajstić information content (AvgIpc) is 2.09. The maximum absolute atomic E-state index is 6.91. The molecule has 3 aromatic heterocycles. The fourth-order valence-electron chi connectivity index (χ4n) is 12.5. The van der Waals surface area contributed by atoms with E-state index in [9.17, 15) is 0 Å². The van der Waals surface area contributed by atoms with E-state index in [0.29, 0.717) is 47.0 Å². The van der Waals surface area contributed by atoms with Crippen LogP contribution in [0.2, 0.25) is 0 Å². The quantitative estimate of drug-likeness (QED) is 0.108. The zero-order valence-electron chi connectivity index (χ0n) is 50.9. The molecule has 0 saturated carbocycles. The Kier molecular flexibility index (Phi) is 15.4. The summed E-state index contributed by atoms with van der Waals surface area (Å²) in [6.07, 6.45) is 1.91. The van der Waals surface area contributed by atoms with E-state index in [1.165, 1.54) is 66.9 Å². The zero-order valence-corrected chi connectivity index (χ0v) is 53.2. The topological polar surface area (TPSA) is 46.7 Å². The fraction of sp³-hybridized carbons (Fsp3) is 0.289. The first-order valence-electron chi connectivity index (χ1n) is 29.8. The van der Waals surface area contributed by atoms with E-state index in [0.717, 1.165) is 66.6 Å². The number of nitrogens with zero attached hydrogens (tertiary/aromatic N) is 4. The molecule has 83 heavy (non-hydrogen) atoms. The predicted octanol–water partition coefficient (Wildman–Crippen LogP) is 22.2. The molecule has 0 unspecified atom stereocenters. The molecule has 1 aliphatic rings. The smallest absolute Gasteiger partial charge is 0.135 e. The summed E-state index contributed by atoms with van der Waals surface area (Å²) in [4.78, 5) is 9.75. The van der Waals surface area contributed by atoms with Crippen molar-refractivity contribution >= 4 is 66.5 Å². The maximum Gasteiger partial charge on any atom is 0.135 e. The SMILES string of the molecule is CC(C)c1cc(C(C)C)c(-c2cccc(-c3c(C(C)C)cc(C(C)C)cc3C(C)C)c2N2[CH-]N(c3[c-]c(Oc4[c-]c5c(cc4)c4c6oc7ccccc7c6ccc4n5-c4cc(C(C)(C)C)ccn4)ccc3)c3ccccc32)c(C(C)C)c1.[Pt]. The summed E-state index contributed by atoms with van der Waals surface area (Å²) in [6, 6.07) is 60.6. The van der Waals surface area contributed by atoms with Gasteiger partial charge in [-0.15, -0.1) is 42.7 Å². The molecule has 12 rings (SSSR count). The Morgan fingerprint density at radius 2 is 1.06 bits per heavy atom. The molecule has 0 spiro atoms. The first kappa shape index (κ1) is 57.4. The Morgan fingerprint density at radius 1 is 0.518 bits per heavy atom. The van der Waals surface area contributed by atoms with E-state index in [2.05, 4.69) is 258 Å². The fourth-order valence-corrected chi connectivity index (χ4v) is 12.5. The zero-order chi connectivity index (χ0) is 57.6. The second-order valence-electron chi connectivity index (χ2n) is 25.6. The molecule has 1 aliphatic heterocycles. The molecular formula is C76H77N4O2Pt-3. The summed E-state index contributed by atoms with van der Waals surface area (Å²) in [5.74, 6) is 3.92. The van der Waals surface area contributed by atoms with Gasteiger partial charge in [-0.2, -0.15) is 12.1 Å². The third-order valence-corrected chi connectivity index (χ3v) is 16.9. The van der Waals surface area contributed by atoms with Gasteiger partial charge in [0.2, 0.25) is 0 Å². The first-order chi connectivity index (χ1) is 39.3. The molecule has 0 N–H and O–H groups in total. The number of aromatic nitrogens is 2. The van der Waals surface area contributed by atoms with Gasteiger partial charge in [-0.25, -0.2) is 4.98 Å². The van der Waals surface area contributed by atoms with E-state index in [1.54, 1.807) is 0 Å². The van der Waals surface area contributed by atoms with Gasteiger partial charge in [0.05, 0.1) is 0 Å². The molecule has 0 radical (unpaired) electrons. The molecule has 0 fully saturated rings. The number of benzene rings is 8. The number of ether oxygens (including phenoxy) is 1. The van der Waals surface area contributed by atoms with Crippen LogP contribution in [0.1, 0.15) is 178 Å². The Morgan fingerprint density at radius 3 is 1.64 bits per heavy atom. The molecule has 0 atom stereocenters. The van der Waals surface area contributed by atoms with Gasteiger partial charge < -0.3 is 23.5 Å². The average molecular weight is 1270 g/mol. The van der Waals surface area contributed by atoms with Crippen molar-refractivity contribution in [1.29, 1.82) is 0 Å². The monoisotopic (exact) mass is 1270 g/mol. The number of para-hydroxylation sites is 4. The van der Waals surface area contributed by atoms with E-state index in [-0.39, 0.29) is 26.5 Å². The summed E-state index contributed by atoms with van der Waals surface area (Å²) in [7, 11) is 0. The van der Waals surface area contributed by atoms with Gasteiger partial charge in [0.1, 0.15) is 17.0 Å². The van der Waals surface area contributed by atoms with Crippen LogP contribution in [0.3, 0.4) is 0 Å². The van der Waals surface area contributed by atoms with Gasteiger partial charge in [-0.3, -0.25) is 0 Å². The normalized spacial score (nSPS) is 13.0. The van der Waals surface area contributed by atoms with Gasteiger partial charge in [-0.1, -0.05) is 188 Å². The van der Waals surface area contributed by atoms with Crippen LogP contribution in [0.4, 0.5) is 22.7 Å². The molecule has 7 heteroatoms. The van der Waals surface area contributed by atoms with Crippen LogP contribution in [0.15, 0.2) is 156 Å². The van der Waals surface area contributed by atoms with Crippen LogP contribution < -0.4 is 14.5 Å². The van der Waals surface area contributed by atoms with Gasteiger partial charge in [-0.05, 0) is 139 Å². The number of rotatable bonds is 13. The molecule has 0 amide bonds. The van der Waals surface area contributed by atoms with Crippen LogP contribution in [0.25, 0.3) is 71.8 Å². The first-order valence-corrected chi connectivity index (χ1v) is 29.8. The Labute approximate surface area is 506 Å². The van der Waals surface area contributed by atoms with Crippen molar-refractivity contribution in [2.75, 3.05) is 9.80 Å². The molecule has 0 aliphatic carbocycles. The van der Waals surface area contributed by atoms with Crippen molar-refractivity contribution in [3.05, 3.63) is 210 Å². The molecule has 4 heterocycles. The van der Waals surface area contributed by atoms with Crippen LogP contribution in [-0.4, -0.2) is 9.55 Å². The van der Waals surface area contributed by atoms with Crippen molar-refractivity contribution in [3.8, 4) is 39.6 Å². The maximum atomic E-state index is 6.91. The van der Waals surface area contributed by atoms with Crippen molar-refractivity contribution < 1.29 is 30.2 Å². The number of hydrogen-bond donors (Lipinski definition) is 0. The number of hydrogen-bond acceptors (Lipinski definition) is 5. The summed E-state index contributed by atoms with van der Waals surface area (Å²) in [5.41, 5.74) is 22.3. The summed E-state index contributed by atoms with van der Waals surface area (Å²) in [6.45, 7) is 37.1. The molecule has 6 nitrogen and oxygen atoms in total.